The van der Waals surface area contributed by atoms with E-state index in [9.17, 15) is 14.4 Å². The van der Waals surface area contributed by atoms with E-state index in [4.69, 9.17) is 0 Å². The van der Waals surface area contributed by atoms with E-state index in [1.165, 1.54) is 17.5 Å². The van der Waals surface area contributed by atoms with Crippen LogP contribution < -0.4 is 21.3 Å². The molecule has 0 aliphatic carbocycles. The zero-order valence-electron chi connectivity index (χ0n) is 16.1. The second kappa shape index (κ2) is 8.30. The number of H-pyrrole nitrogens is 1. The van der Waals surface area contributed by atoms with Crippen molar-refractivity contribution in [3.63, 3.8) is 0 Å². The normalized spacial score (nSPS) is 13.7. The van der Waals surface area contributed by atoms with Crippen LogP contribution in [-0.2, 0) is 17.9 Å². The Morgan fingerprint density at radius 1 is 1.10 bits per heavy atom. The van der Waals surface area contributed by atoms with Gasteiger partial charge < -0.3 is 10.2 Å². The van der Waals surface area contributed by atoms with Gasteiger partial charge in [0.1, 0.15) is 5.82 Å². The van der Waals surface area contributed by atoms with Crippen molar-refractivity contribution >= 4 is 22.5 Å². The summed E-state index contributed by atoms with van der Waals surface area (Å²) in [6, 6.07) is 10.5. The zero-order valence-corrected chi connectivity index (χ0v) is 16.1. The van der Waals surface area contributed by atoms with E-state index in [1.54, 1.807) is 30.5 Å². The summed E-state index contributed by atoms with van der Waals surface area (Å²) in [5.74, 6) is 0.750. The largest absolute Gasteiger partial charge is 0.357 e. The summed E-state index contributed by atoms with van der Waals surface area (Å²) in [4.78, 5) is 43.5. The number of hydrogen-bond acceptors (Lipinski definition) is 5. The van der Waals surface area contributed by atoms with Gasteiger partial charge in [-0.3, -0.25) is 19.5 Å². The minimum Gasteiger partial charge on any atom is -0.357 e. The molecule has 1 saturated heterocycles. The second-order valence-corrected chi connectivity index (χ2v) is 7.19. The molecule has 4 rings (SSSR count). The fourth-order valence-corrected chi connectivity index (χ4v) is 3.60. The molecular weight excluding hydrogens is 370 g/mol. The molecule has 0 unspecified atom stereocenters. The number of benzene rings is 1. The zero-order chi connectivity index (χ0) is 20.2. The molecule has 1 aliphatic heterocycles. The van der Waals surface area contributed by atoms with Gasteiger partial charge in [-0.05, 0) is 42.7 Å². The molecule has 0 radical (unpaired) electrons. The van der Waals surface area contributed by atoms with Crippen molar-refractivity contribution in [3.8, 4) is 0 Å². The Bertz CT molecular complexity index is 1140. The van der Waals surface area contributed by atoms with E-state index in [0.29, 0.717) is 17.3 Å². The standard InChI is InChI=1S/C21H23N5O3/c27-19(23-14-15-7-9-22-18(13-15)25-10-3-4-11-25)8-12-26-21(29)17-6-2-1-5-16(17)20(28)24-26/h1-2,5-7,9,13H,3-4,8,10-12,14H2,(H,23,27)(H,24,28). The molecule has 2 N–H and O–H groups in total. The molecule has 8 heteroatoms. The van der Waals surface area contributed by atoms with Crippen molar-refractivity contribution in [3.05, 3.63) is 68.9 Å². The summed E-state index contributed by atoms with van der Waals surface area (Å²) >= 11 is 0. The lowest BCUT2D eigenvalue weighted by molar-refractivity contribution is -0.121. The third-order valence-electron chi connectivity index (χ3n) is 5.18. The summed E-state index contributed by atoms with van der Waals surface area (Å²) < 4.78 is 1.20. The average molecular weight is 393 g/mol. The molecule has 0 spiro atoms. The van der Waals surface area contributed by atoms with Crippen molar-refractivity contribution < 1.29 is 4.79 Å². The Kier molecular flexibility index (Phi) is 5.41. The van der Waals surface area contributed by atoms with Crippen molar-refractivity contribution in [2.75, 3.05) is 18.0 Å². The number of aromatic nitrogens is 3. The van der Waals surface area contributed by atoms with Crippen LogP contribution in [0.1, 0.15) is 24.8 Å². The van der Waals surface area contributed by atoms with E-state index in [1.807, 2.05) is 12.1 Å². The summed E-state index contributed by atoms with van der Waals surface area (Å²) in [6.07, 6.45) is 4.21. The number of rotatable bonds is 6. The maximum absolute atomic E-state index is 12.5. The van der Waals surface area contributed by atoms with Crippen LogP contribution in [0.5, 0.6) is 0 Å². The summed E-state index contributed by atoms with van der Waals surface area (Å²) in [7, 11) is 0. The first kappa shape index (κ1) is 18.9. The number of nitrogens with one attached hydrogen (secondary N) is 2. The number of anilines is 1. The number of aryl methyl sites for hydroxylation is 1. The summed E-state index contributed by atoms with van der Waals surface area (Å²) in [6.45, 7) is 2.54. The number of fused-ring (bicyclic) bond motifs is 1. The van der Waals surface area contributed by atoms with E-state index in [-0.39, 0.29) is 30.0 Å². The van der Waals surface area contributed by atoms with Crippen LogP contribution >= 0.6 is 0 Å². The lowest BCUT2D eigenvalue weighted by Gasteiger charge is -2.17. The van der Waals surface area contributed by atoms with E-state index >= 15 is 0 Å². The first-order valence-corrected chi connectivity index (χ1v) is 9.80. The molecule has 3 aromatic rings. The van der Waals surface area contributed by atoms with Gasteiger partial charge in [0.2, 0.25) is 5.91 Å². The molecule has 29 heavy (non-hydrogen) atoms. The van der Waals surface area contributed by atoms with Gasteiger partial charge >= 0.3 is 0 Å². The van der Waals surface area contributed by atoms with Gasteiger partial charge in [-0.2, -0.15) is 0 Å². The number of aromatic amines is 1. The third kappa shape index (κ3) is 4.21. The molecule has 1 aromatic carbocycles. The Labute approximate surface area is 167 Å². The Hall–Kier alpha value is -3.42. The molecule has 2 aromatic heterocycles. The van der Waals surface area contributed by atoms with E-state index < -0.39 is 0 Å². The highest BCUT2D eigenvalue weighted by Crippen LogP contribution is 2.18. The molecule has 0 bridgehead atoms. The fraction of sp³-hybridized carbons (Fsp3) is 0.333. The van der Waals surface area contributed by atoms with Gasteiger partial charge in [0, 0.05) is 32.3 Å². The van der Waals surface area contributed by atoms with Crippen LogP contribution in [0.3, 0.4) is 0 Å². The molecule has 3 heterocycles. The fourth-order valence-electron chi connectivity index (χ4n) is 3.60. The Morgan fingerprint density at radius 2 is 1.86 bits per heavy atom. The highest BCUT2D eigenvalue weighted by atomic mass is 16.2. The van der Waals surface area contributed by atoms with Crippen molar-refractivity contribution in [2.24, 2.45) is 0 Å². The molecule has 8 nitrogen and oxygen atoms in total. The number of hydrogen-bond donors (Lipinski definition) is 2. The van der Waals surface area contributed by atoms with Crippen molar-refractivity contribution in [1.29, 1.82) is 0 Å². The SMILES string of the molecule is O=C(CCn1[nH]c(=O)c2ccccc2c1=O)NCc1ccnc(N2CCCC2)c1. The molecule has 150 valence electrons. The van der Waals surface area contributed by atoms with Crippen molar-refractivity contribution in [1.82, 2.24) is 20.1 Å². The highest BCUT2D eigenvalue weighted by Gasteiger charge is 2.14. The Morgan fingerprint density at radius 3 is 2.66 bits per heavy atom. The molecule has 0 saturated carbocycles. The third-order valence-corrected chi connectivity index (χ3v) is 5.18. The van der Waals surface area contributed by atoms with Gasteiger partial charge in [-0.25, -0.2) is 9.67 Å². The highest BCUT2D eigenvalue weighted by molar-refractivity contribution is 5.80. The number of pyridine rings is 1. The van der Waals surface area contributed by atoms with Gasteiger partial charge in [0.25, 0.3) is 11.1 Å². The van der Waals surface area contributed by atoms with Gasteiger partial charge in [0.05, 0.1) is 17.3 Å². The topological polar surface area (TPSA) is 100 Å². The van der Waals surface area contributed by atoms with Gasteiger partial charge in [-0.1, -0.05) is 12.1 Å². The van der Waals surface area contributed by atoms with Crippen LogP contribution in [0.25, 0.3) is 10.8 Å². The van der Waals surface area contributed by atoms with E-state index in [0.717, 1.165) is 24.5 Å². The predicted molar refractivity (Wildman–Crippen MR) is 111 cm³/mol. The first-order valence-electron chi connectivity index (χ1n) is 9.80. The minimum atomic E-state index is -0.341. The van der Waals surface area contributed by atoms with Crippen LogP contribution in [-0.4, -0.2) is 33.8 Å². The molecule has 1 amide bonds. The number of carbonyl (C=O) groups excluding carboxylic acids is 1. The lowest BCUT2D eigenvalue weighted by atomic mass is 10.2. The van der Waals surface area contributed by atoms with Gasteiger partial charge in [-0.15, -0.1) is 0 Å². The van der Waals surface area contributed by atoms with Crippen LogP contribution in [0.2, 0.25) is 0 Å². The quantitative estimate of drug-likeness (QED) is 0.659. The predicted octanol–water partition coefficient (Wildman–Crippen LogP) is 1.39. The smallest absolute Gasteiger partial charge is 0.273 e. The van der Waals surface area contributed by atoms with Crippen molar-refractivity contribution in [2.45, 2.75) is 32.4 Å². The molecule has 1 aliphatic rings. The molecular formula is C21H23N5O3. The molecule has 1 fully saturated rings. The first-order chi connectivity index (χ1) is 14.1. The summed E-state index contributed by atoms with van der Waals surface area (Å²) in [5, 5.41) is 6.11. The van der Waals surface area contributed by atoms with Crippen LogP contribution in [0, 0.1) is 0 Å². The lowest BCUT2D eigenvalue weighted by Crippen LogP contribution is -2.32. The molecule has 0 atom stereocenters. The maximum Gasteiger partial charge on any atom is 0.273 e. The number of nitrogens with zero attached hydrogens (tertiary/aromatic N) is 3. The summed E-state index contributed by atoms with van der Waals surface area (Å²) in [5.41, 5.74) is 0.329. The maximum atomic E-state index is 12.5. The number of carbonyl (C=O) groups is 1. The number of amides is 1. The van der Waals surface area contributed by atoms with Gasteiger partial charge in [0.15, 0.2) is 0 Å². The monoisotopic (exact) mass is 393 g/mol. The minimum absolute atomic E-state index is 0.0955. The van der Waals surface area contributed by atoms with E-state index in [2.05, 4.69) is 20.3 Å². The van der Waals surface area contributed by atoms with Crippen LogP contribution in [0.4, 0.5) is 5.82 Å². The average Bonchev–Trinajstić information content (AvgIpc) is 3.29. The second-order valence-electron chi connectivity index (χ2n) is 7.19. The van der Waals surface area contributed by atoms with Crippen LogP contribution in [0.15, 0.2) is 52.2 Å². The Balaban J connectivity index is 1.37.